The molecule has 0 fully saturated rings. The molecular formula is C23H31N3O5S. The first-order valence-corrected chi connectivity index (χ1v) is 12.2. The normalized spacial score (nSPS) is 12.4. The summed E-state index contributed by atoms with van der Waals surface area (Å²) in [6.07, 6.45) is 1.70. The molecule has 1 unspecified atom stereocenters. The predicted molar refractivity (Wildman–Crippen MR) is 123 cm³/mol. The second-order valence-corrected chi connectivity index (χ2v) is 9.69. The fourth-order valence-electron chi connectivity index (χ4n) is 3.14. The zero-order valence-corrected chi connectivity index (χ0v) is 19.3. The molecule has 2 rings (SSSR count). The molecule has 0 aromatic heterocycles. The van der Waals surface area contributed by atoms with Crippen molar-refractivity contribution in [3.8, 4) is 0 Å². The number of hydrogen-bond donors (Lipinski definition) is 2. The molecule has 0 saturated heterocycles. The molecule has 0 spiro atoms. The van der Waals surface area contributed by atoms with Gasteiger partial charge >= 0.3 is 0 Å². The van der Waals surface area contributed by atoms with Gasteiger partial charge in [-0.25, -0.2) is 8.42 Å². The number of carbonyl (C=O) groups is 2. The smallest absolute Gasteiger partial charge is 0.243 e. The van der Waals surface area contributed by atoms with Crippen LogP contribution in [0.25, 0.3) is 0 Å². The zero-order chi connectivity index (χ0) is 23.6. The zero-order valence-electron chi connectivity index (χ0n) is 18.5. The van der Waals surface area contributed by atoms with Crippen LogP contribution in [0.4, 0.5) is 0 Å². The van der Waals surface area contributed by atoms with Gasteiger partial charge < -0.3 is 15.3 Å². The Hall–Kier alpha value is -2.75. The number of amides is 2. The lowest BCUT2D eigenvalue weighted by Gasteiger charge is -2.32. The Morgan fingerprint density at radius 2 is 1.56 bits per heavy atom. The minimum atomic E-state index is -3.57. The number of likely N-dealkylation sites (N-methyl/N-ethyl adjacent to an activating group) is 1. The average Bonchev–Trinajstić information content (AvgIpc) is 2.77. The summed E-state index contributed by atoms with van der Waals surface area (Å²) in [6.45, 7) is -0.00422. The first kappa shape index (κ1) is 25.5. The van der Waals surface area contributed by atoms with Crippen molar-refractivity contribution in [2.24, 2.45) is 0 Å². The highest BCUT2D eigenvalue weighted by Gasteiger charge is 2.31. The molecule has 0 saturated carbocycles. The third kappa shape index (κ3) is 8.07. The highest BCUT2D eigenvalue weighted by atomic mass is 32.2. The summed E-state index contributed by atoms with van der Waals surface area (Å²) in [5.41, 5.74) is 1.70. The van der Waals surface area contributed by atoms with Crippen LogP contribution in [0.5, 0.6) is 0 Å². The monoisotopic (exact) mass is 461 g/mol. The van der Waals surface area contributed by atoms with Gasteiger partial charge in [0, 0.05) is 33.2 Å². The van der Waals surface area contributed by atoms with Crippen LogP contribution < -0.4 is 5.32 Å². The fraction of sp³-hybridized carbons (Fsp3) is 0.391. The van der Waals surface area contributed by atoms with E-state index in [4.69, 9.17) is 5.11 Å². The third-order valence-electron chi connectivity index (χ3n) is 5.03. The van der Waals surface area contributed by atoms with E-state index >= 15 is 0 Å². The van der Waals surface area contributed by atoms with Crippen LogP contribution in [0, 0.1) is 0 Å². The van der Waals surface area contributed by atoms with Crippen molar-refractivity contribution in [3.63, 3.8) is 0 Å². The molecule has 0 aliphatic rings. The maximum absolute atomic E-state index is 13.3. The van der Waals surface area contributed by atoms with E-state index in [0.717, 1.165) is 21.7 Å². The molecule has 2 N–H and O–H groups in total. The van der Waals surface area contributed by atoms with Gasteiger partial charge in [-0.1, -0.05) is 60.7 Å². The summed E-state index contributed by atoms with van der Waals surface area (Å²) in [4.78, 5) is 27.8. The summed E-state index contributed by atoms with van der Waals surface area (Å²) in [6, 6.07) is 17.7. The van der Waals surface area contributed by atoms with Crippen molar-refractivity contribution in [1.29, 1.82) is 0 Å². The second kappa shape index (κ2) is 12.3. The van der Waals surface area contributed by atoms with Crippen LogP contribution >= 0.6 is 0 Å². The molecule has 2 aromatic rings. The number of sulfonamides is 1. The molecule has 0 aliphatic carbocycles. The SMILES string of the molecule is CN(CC(=O)N(Cc1ccccc1)C(Cc1ccccc1)C(=O)NCCCO)S(C)(=O)=O. The number of aliphatic hydroxyl groups excluding tert-OH is 1. The summed E-state index contributed by atoms with van der Waals surface area (Å²) < 4.78 is 24.7. The van der Waals surface area contributed by atoms with E-state index in [2.05, 4.69) is 5.32 Å². The van der Waals surface area contributed by atoms with Crippen molar-refractivity contribution in [3.05, 3.63) is 71.8 Å². The van der Waals surface area contributed by atoms with E-state index in [1.807, 2.05) is 60.7 Å². The molecule has 0 bridgehead atoms. The predicted octanol–water partition coefficient (Wildman–Crippen LogP) is 1.02. The number of nitrogens with zero attached hydrogens (tertiary/aromatic N) is 2. The second-order valence-electron chi connectivity index (χ2n) is 7.60. The number of carbonyl (C=O) groups excluding carboxylic acids is 2. The molecule has 2 amide bonds. The lowest BCUT2D eigenvalue weighted by atomic mass is 10.0. The van der Waals surface area contributed by atoms with E-state index in [9.17, 15) is 18.0 Å². The van der Waals surface area contributed by atoms with Crippen LogP contribution in [0.1, 0.15) is 17.5 Å². The van der Waals surface area contributed by atoms with Crippen molar-refractivity contribution >= 4 is 21.8 Å². The molecule has 2 aromatic carbocycles. The molecule has 8 nitrogen and oxygen atoms in total. The van der Waals surface area contributed by atoms with Gasteiger partial charge in [-0.15, -0.1) is 0 Å². The molecule has 0 radical (unpaired) electrons. The van der Waals surface area contributed by atoms with Gasteiger partial charge in [0.25, 0.3) is 0 Å². The largest absolute Gasteiger partial charge is 0.396 e. The van der Waals surface area contributed by atoms with E-state index in [0.29, 0.717) is 6.42 Å². The highest BCUT2D eigenvalue weighted by Crippen LogP contribution is 2.15. The summed E-state index contributed by atoms with van der Waals surface area (Å²) in [5.74, 6) is -0.825. The van der Waals surface area contributed by atoms with Crippen LogP contribution in [0.2, 0.25) is 0 Å². The lowest BCUT2D eigenvalue weighted by molar-refractivity contribution is -0.141. The number of aliphatic hydroxyl groups is 1. The van der Waals surface area contributed by atoms with Gasteiger partial charge in [-0.3, -0.25) is 9.59 Å². The lowest BCUT2D eigenvalue weighted by Crippen LogP contribution is -2.53. The summed E-state index contributed by atoms with van der Waals surface area (Å²) >= 11 is 0. The number of benzene rings is 2. The minimum Gasteiger partial charge on any atom is -0.396 e. The molecule has 174 valence electrons. The molecule has 32 heavy (non-hydrogen) atoms. The van der Waals surface area contributed by atoms with Gasteiger partial charge in [0.05, 0.1) is 12.8 Å². The molecule has 9 heteroatoms. The molecule has 0 aliphatic heterocycles. The van der Waals surface area contributed by atoms with Crippen LogP contribution in [-0.2, 0) is 32.6 Å². The number of hydrogen-bond acceptors (Lipinski definition) is 5. The summed E-state index contributed by atoms with van der Waals surface area (Å²) in [5, 5.41) is 11.8. The van der Waals surface area contributed by atoms with Crippen LogP contribution in [0.3, 0.4) is 0 Å². The van der Waals surface area contributed by atoms with Crippen molar-refractivity contribution in [2.45, 2.75) is 25.4 Å². The van der Waals surface area contributed by atoms with Crippen molar-refractivity contribution in [1.82, 2.24) is 14.5 Å². The van der Waals surface area contributed by atoms with Crippen LogP contribution in [-0.4, -0.2) is 73.6 Å². The third-order valence-corrected chi connectivity index (χ3v) is 6.29. The van der Waals surface area contributed by atoms with Gasteiger partial charge in [0.1, 0.15) is 6.04 Å². The summed E-state index contributed by atoms with van der Waals surface area (Å²) in [7, 11) is -2.23. The Balaban J connectivity index is 2.38. The van der Waals surface area contributed by atoms with E-state index in [1.54, 1.807) is 0 Å². The standard InChI is InChI=1S/C23H31N3O5S/c1-25(32(2,30)31)18-22(28)26(17-20-12-7-4-8-13-20)21(23(29)24-14-9-15-27)16-19-10-5-3-6-11-19/h3-8,10-13,21,27H,9,14-18H2,1-2H3,(H,24,29). The maximum atomic E-state index is 13.3. The Labute approximate surface area is 189 Å². The molecule has 0 heterocycles. The first-order chi connectivity index (χ1) is 15.2. The fourth-order valence-corrected chi connectivity index (χ4v) is 3.49. The Morgan fingerprint density at radius 3 is 2.09 bits per heavy atom. The van der Waals surface area contributed by atoms with Gasteiger partial charge in [0.15, 0.2) is 0 Å². The molecule has 1 atom stereocenters. The Kier molecular flexibility index (Phi) is 9.83. The number of nitrogens with one attached hydrogen (secondary N) is 1. The van der Waals surface area contributed by atoms with Gasteiger partial charge in [0.2, 0.25) is 21.8 Å². The minimum absolute atomic E-state index is 0.0601. The van der Waals surface area contributed by atoms with Crippen molar-refractivity contribution < 1.29 is 23.1 Å². The Morgan fingerprint density at radius 1 is 1.00 bits per heavy atom. The Bertz CT molecular complexity index is 968. The first-order valence-electron chi connectivity index (χ1n) is 10.4. The van der Waals surface area contributed by atoms with Crippen molar-refractivity contribution in [2.75, 3.05) is 33.0 Å². The molecular weight excluding hydrogens is 430 g/mol. The average molecular weight is 462 g/mol. The maximum Gasteiger partial charge on any atom is 0.243 e. The topological polar surface area (TPSA) is 107 Å². The van der Waals surface area contributed by atoms with E-state index < -0.39 is 22.0 Å². The number of rotatable bonds is 12. The van der Waals surface area contributed by atoms with Gasteiger partial charge in [-0.05, 0) is 17.5 Å². The van der Waals surface area contributed by atoms with E-state index in [-0.39, 0.29) is 38.6 Å². The quantitative estimate of drug-likeness (QED) is 0.459. The van der Waals surface area contributed by atoms with Crippen LogP contribution in [0.15, 0.2) is 60.7 Å². The van der Waals surface area contributed by atoms with E-state index in [1.165, 1.54) is 11.9 Å². The highest BCUT2D eigenvalue weighted by molar-refractivity contribution is 7.88. The van der Waals surface area contributed by atoms with Gasteiger partial charge in [-0.2, -0.15) is 4.31 Å².